The van der Waals surface area contributed by atoms with Crippen molar-refractivity contribution in [3.8, 4) is 11.6 Å². The highest BCUT2D eigenvalue weighted by molar-refractivity contribution is 5.88. The van der Waals surface area contributed by atoms with E-state index in [1.165, 1.54) is 0 Å². The van der Waals surface area contributed by atoms with Crippen LogP contribution >= 0.6 is 0 Å². The van der Waals surface area contributed by atoms with Crippen LogP contribution in [0, 0.1) is 6.92 Å². The van der Waals surface area contributed by atoms with Gasteiger partial charge >= 0.3 is 0 Å². The number of rotatable bonds is 2. The molecule has 0 aliphatic heterocycles. The highest BCUT2D eigenvalue weighted by Gasteiger charge is 2.05. The highest BCUT2D eigenvalue weighted by atomic mass is 16.5. The first kappa shape index (κ1) is 9.77. The van der Waals surface area contributed by atoms with E-state index in [2.05, 4.69) is 4.98 Å². The van der Waals surface area contributed by atoms with E-state index in [0.29, 0.717) is 5.88 Å². The second-order valence-corrected chi connectivity index (χ2v) is 3.36. The maximum absolute atomic E-state index is 5.23. The second-order valence-electron chi connectivity index (χ2n) is 3.36. The number of benzene rings is 1. The maximum Gasteiger partial charge on any atom is 0.221 e. The third-order valence-corrected chi connectivity index (χ3v) is 2.32. The van der Waals surface area contributed by atoms with Gasteiger partial charge < -0.3 is 9.47 Å². The van der Waals surface area contributed by atoms with Gasteiger partial charge in [-0.25, -0.2) is 4.98 Å². The van der Waals surface area contributed by atoms with Crippen LogP contribution in [0.15, 0.2) is 24.3 Å². The molecule has 3 nitrogen and oxygen atoms in total. The zero-order valence-electron chi connectivity index (χ0n) is 9.07. The summed E-state index contributed by atoms with van der Waals surface area (Å²) in [5.41, 5.74) is 0.938. The Kier molecular flexibility index (Phi) is 2.46. The largest absolute Gasteiger partial charge is 0.497 e. The summed E-state index contributed by atoms with van der Waals surface area (Å²) < 4.78 is 10.4. The molecule has 1 aromatic heterocycles. The summed E-state index contributed by atoms with van der Waals surface area (Å²) >= 11 is 0. The molecular weight excluding hydrogens is 190 g/mol. The van der Waals surface area contributed by atoms with Gasteiger partial charge in [0.25, 0.3) is 0 Å². The number of ether oxygens (including phenoxy) is 2. The number of aryl methyl sites for hydroxylation is 1. The molecule has 0 fully saturated rings. The highest BCUT2D eigenvalue weighted by Crippen LogP contribution is 2.27. The quantitative estimate of drug-likeness (QED) is 0.751. The van der Waals surface area contributed by atoms with Crippen molar-refractivity contribution in [2.45, 2.75) is 6.92 Å². The van der Waals surface area contributed by atoms with Gasteiger partial charge in [0, 0.05) is 11.1 Å². The maximum atomic E-state index is 5.23. The van der Waals surface area contributed by atoms with Crippen LogP contribution < -0.4 is 9.47 Å². The number of hydrogen-bond acceptors (Lipinski definition) is 3. The molecule has 0 saturated heterocycles. The number of aromatic nitrogens is 1. The van der Waals surface area contributed by atoms with Gasteiger partial charge in [-0.15, -0.1) is 0 Å². The Hall–Kier alpha value is -1.77. The number of nitrogens with zero attached hydrogens (tertiary/aromatic N) is 1. The number of methoxy groups -OCH3 is 2. The summed E-state index contributed by atoms with van der Waals surface area (Å²) in [7, 11) is 3.29. The summed E-state index contributed by atoms with van der Waals surface area (Å²) in [6.45, 7) is 1.95. The van der Waals surface area contributed by atoms with E-state index in [4.69, 9.17) is 9.47 Å². The van der Waals surface area contributed by atoms with Crippen molar-refractivity contribution in [3.05, 3.63) is 30.0 Å². The monoisotopic (exact) mass is 203 g/mol. The van der Waals surface area contributed by atoms with E-state index in [9.17, 15) is 0 Å². The lowest BCUT2D eigenvalue weighted by atomic mass is 10.1. The third kappa shape index (κ3) is 1.73. The van der Waals surface area contributed by atoms with Crippen molar-refractivity contribution in [1.82, 2.24) is 4.98 Å². The average molecular weight is 203 g/mol. The lowest BCUT2D eigenvalue weighted by Crippen LogP contribution is -1.92. The van der Waals surface area contributed by atoms with Crippen LogP contribution in [-0.2, 0) is 0 Å². The normalized spacial score (nSPS) is 10.3. The zero-order valence-corrected chi connectivity index (χ0v) is 9.07. The van der Waals surface area contributed by atoms with E-state index in [1.807, 2.05) is 31.2 Å². The lowest BCUT2D eigenvalue weighted by Gasteiger charge is -2.07. The molecule has 15 heavy (non-hydrogen) atoms. The molecule has 0 aliphatic rings. The Bertz CT molecular complexity index is 494. The van der Waals surface area contributed by atoms with Crippen molar-refractivity contribution in [1.29, 1.82) is 0 Å². The summed E-state index contributed by atoms with van der Waals surface area (Å²) in [6, 6.07) is 7.86. The van der Waals surface area contributed by atoms with Crippen LogP contribution in [0.5, 0.6) is 11.6 Å². The molecule has 78 valence electrons. The first-order valence-electron chi connectivity index (χ1n) is 4.74. The summed E-state index contributed by atoms with van der Waals surface area (Å²) in [5, 5.41) is 2.09. The Morgan fingerprint density at radius 2 is 1.87 bits per heavy atom. The molecule has 0 spiro atoms. The summed E-state index contributed by atoms with van der Waals surface area (Å²) in [6.07, 6.45) is 0. The van der Waals surface area contributed by atoms with Gasteiger partial charge in [-0.3, -0.25) is 0 Å². The Balaban J connectivity index is 2.72. The minimum absolute atomic E-state index is 0.660. The first-order chi connectivity index (χ1) is 7.24. The van der Waals surface area contributed by atoms with Gasteiger partial charge in [-0.05, 0) is 36.6 Å². The molecule has 0 unspecified atom stereocenters. The Labute approximate surface area is 88.7 Å². The van der Waals surface area contributed by atoms with E-state index < -0.39 is 0 Å². The van der Waals surface area contributed by atoms with Crippen LogP contribution in [0.4, 0.5) is 0 Å². The second kappa shape index (κ2) is 3.77. The predicted molar refractivity (Wildman–Crippen MR) is 59.6 cm³/mol. The fourth-order valence-corrected chi connectivity index (χ4v) is 1.62. The van der Waals surface area contributed by atoms with E-state index in [1.54, 1.807) is 14.2 Å². The molecule has 1 heterocycles. The van der Waals surface area contributed by atoms with Crippen molar-refractivity contribution in [2.75, 3.05) is 14.2 Å². The van der Waals surface area contributed by atoms with Gasteiger partial charge in [0.2, 0.25) is 5.88 Å². The predicted octanol–water partition coefficient (Wildman–Crippen LogP) is 2.56. The fourth-order valence-electron chi connectivity index (χ4n) is 1.62. The number of fused-ring (bicyclic) bond motifs is 1. The molecule has 0 N–H and O–H groups in total. The first-order valence-corrected chi connectivity index (χ1v) is 4.74. The molecule has 0 aliphatic carbocycles. The van der Waals surface area contributed by atoms with Crippen molar-refractivity contribution >= 4 is 10.8 Å². The van der Waals surface area contributed by atoms with Gasteiger partial charge in [-0.1, -0.05) is 0 Å². The van der Waals surface area contributed by atoms with Gasteiger partial charge in [0.1, 0.15) is 5.75 Å². The molecule has 0 amide bonds. The molecule has 0 radical (unpaired) electrons. The lowest BCUT2D eigenvalue weighted by molar-refractivity contribution is 0.402. The van der Waals surface area contributed by atoms with Gasteiger partial charge in [-0.2, -0.15) is 0 Å². The topological polar surface area (TPSA) is 31.4 Å². The molecule has 2 rings (SSSR count). The molecule has 0 saturated carbocycles. The van der Waals surface area contributed by atoms with Crippen LogP contribution in [-0.4, -0.2) is 19.2 Å². The smallest absolute Gasteiger partial charge is 0.221 e. The molecule has 1 aromatic carbocycles. The third-order valence-electron chi connectivity index (χ3n) is 2.32. The molecular formula is C12H13NO2. The molecule has 3 heteroatoms. The number of pyridine rings is 1. The number of hydrogen-bond donors (Lipinski definition) is 0. The Morgan fingerprint density at radius 3 is 2.53 bits per heavy atom. The molecule has 0 bridgehead atoms. The van der Waals surface area contributed by atoms with Crippen LogP contribution in [0.1, 0.15) is 5.69 Å². The van der Waals surface area contributed by atoms with Gasteiger partial charge in [0.05, 0.1) is 14.2 Å². The van der Waals surface area contributed by atoms with E-state index in [-0.39, 0.29) is 0 Å². The standard InChI is InChI=1S/C12H13NO2/c1-8-6-9-7-10(14-2)4-5-11(9)12(13-8)15-3/h4-7H,1-3H3. The van der Waals surface area contributed by atoms with Crippen molar-refractivity contribution in [2.24, 2.45) is 0 Å². The van der Waals surface area contributed by atoms with Crippen molar-refractivity contribution < 1.29 is 9.47 Å². The van der Waals surface area contributed by atoms with Crippen LogP contribution in [0.25, 0.3) is 10.8 Å². The summed E-state index contributed by atoms with van der Waals surface area (Å²) in [4.78, 5) is 4.31. The minimum atomic E-state index is 0.660. The van der Waals surface area contributed by atoms with Crippen LogP contribution in [0.2, 0.25) is 0 Å². The van der Waals surface area contributed by atoms with Crippen LogP contribution in [0.3, 0.4) is 0 Å². The van der Waals surface area contributed by atoms with E-state index >= 15 is 0 Å². The SMILES string of the molecule is COc1ccc2c(OC)nc(C)cc2c1. The minimum Gasteiger partial charge on any atom is -0.497 e. The summed E-state index contributed by atoms with van der Waals surface area (Å²) in [5.74, 6) is 1.50. The molecule has 0 atom stereocenters. The van der Waals surface area contributed by atoms with Crippen molar-refractivity contribution in [3.63, 3.8) is 0 Å². The average Bonchev–Trinajstić information content (AvgIpc) is 2.26. The fraction of sp³-hybridized carbons (Fsp3) is 0.250. The van der Waals surface area contributed by atoms with E-state index in [0.717, 1.165) is 22.2 Å². The molecule has 2 aromatic rings. The van der Waals surface area contributed by atoms with Gasteiger partial charge in [0.15, 0.2) is 0 Å². The zero-order chi connectivity index (χ0) is 10.8. The Morgan fingerprint density at radius 1 is 1.07 bits per heavy atom.